The van der Waals surface area contributed by atoms with Crippen LogP contribution in [-0.4, -0.2) is 21.4 Å². The number of fused-ring (bicyclic) bond motifs is 1. The third-order valence-corrected chi connectivity index (χ3v) is 5.64. The molecule has 3 aromatic carbocycles. The molecule has 1 heterocycles. The number of carbonyl (C=O) groups is 2. The van der Waals surface area contributed by atoms with Gasteiger partial charge in [-0.1, -0.05) is 41.9 Å². The lowest BCUT2D eigenvalue weighted by Crippen LogP contribution is -2.30. The van der Waals surface area contributed by atoms with Gasteiger partial charge in [0.25, 0.3) is 5.91 Å². The zero-order chi connectivity index (χ0) is 25.2. The fraction of sp³-hybridized carbons (Fsp3) is 0.160. The largest absolute Gasteiger partial charge is 0.416 e. The number of rotatable bonds is 6. The molecule has 0 bridgehead atoms. The van der Waals surface area contributed by atoms with Gasteiger partial charge in [-0.2, -0.15) is 13.2 Å². The van der Waals surface area contributed by atoms with E-state index in [1.54, 1.807) is 60.0 Å². The van der Waals surface area contributed by atoms with Crippen molar-refractivity contribution in [3.63, 3.8) is 0 Å². The van der Waals surface area contributed by atoms with Gasteiger partial charge in [-0.05, 0) is 49.4 Å². The van der Waals surface area contributed by atoms with Crippen LogP contribution in [0, 0.1) is 0 Å². The van der Waals surface area contributed by atoms with Crippen LogP contribution in [-0.2, 0) is 17.5 Å². The van der Waals surface area contributed by atoms with E-state index >= 15 is 0 Å². The second kappa shape index (κ2) is 9.79. The molecule has 1 unspecified atom stereocenters. The monoisotopic (exact) mass is 500 g/mol. The van der Waals surface area contributed by atoms with E-state index in [-0.39, 0.29) is 12.2 Å². The fourth-order valence-corrected chi connectivity index (χ4v) is 3.91. The first-order valence-corrected chi connectivity index (χ1v) is 11.0. The summed E-state index contributed by atoms with van der Waals surface area (Å²) in [4.78, 5) is 30.1. The number of nitrogens with one attached hydrogen (secondary N) is 2. The number of para-hydroxylation sites is 2. The minimum Gasteiger partial charge on any atom is -0.342 e. The van der Waals surface area contributed by atoms with Crippen molar-refractivity contribution >= 4 is 40.1 Å². The van der Waals surface area contributed by atoms with E-state index in [4.69, 9.17) is 11.6 Å². The fourth-order valence-electron chi connectivity index (χ4n) is 3.69. The second-order valence-corrected chi connectivity index (χ2v) is 8.25. The van der Waals surface area contributed by atoms with Crippen molar-refractivity contribution in [1.29, 1.82) is 0 Å². The SMILES string of the molecule is CC(NC(=O)c1ccccc1Cl)c1nc2ccccc2n1CC(=O)Nc1cccc(C(F)(F)F)c1. The number of hydrogen-bond acceptors (Lipinski definition) is 3. The van der Waals surface area contributed by atoms with Crippen molar-refractivity contribution in [2.45, 2.75) is 25.7 Å². The van der Waals surface area contributed by atoms with Crippen molar-refractivity contribution < 1.29 is 22.8 Å². The molecule has 0 saturated heterocycles. The van der Waals surface area contributed by atoms with Gasteiger partial charge in [0, 0.05) is 5.69 Å². The molecule has 1 aromatic heterocycles. The van der Waals surface area contributed by atoms with Gasteiger partial charge in [0.15, 0.2) is 0 Å². The number of nitrogens with zero attached hydrogens (tertiary/aromatic N) is 2. The molecule has 1 atom stereocenters. The first-order valence-electron chi connectivity index (χ1n) is 10.6. The van der Waals surface area contributed by atoms with Gasteiger partial charge in [0.1, 0.15) is 12.4 Å². The van der Waals surface area contributed by atoms with Crippen LogP contribution in [0.3, 0.4) is 0 Å². The van der Waals surface area contributed by atoms with E-state index in [0.717, 1.165) is 12.1 Å². The molecule has 0 fully saturated rings. The van der Waals surface area contributed by atoms with Gasteiger partial charge in [-0.15, -0.1) is 0 Å². The molecular formula is C25H20ClF3N4O2. The Morgan fingerprint density at radius 3 is 2.49 bits per heavy atom. The van der Waals surface area contributed by atoms with Gasteiger partial charge in [-0.3, -0.25) is 9.59 Å². The summed E-state index contributed by atoms with van der Waals surface area (Å²) < 4.78 is 40.7. The summed E-state index contributed by atoms with van der Waals surface area (Å²) in [6.07, 6.45) is -4.52. The van der Waals surface area contributed by atoms with Crippen molar-refractivity contribution in [2.24, 2.45) is 0 Å². The highest BCUT2D eigenvalue weighted by molar-refractivity contribution is 6.33. The molecule has 0 saturated carbocycles. The number of hydrogen-bond donors (Lipinski definition) is 2. The van der Waals surface area contributed by atoms with E-state index in [0.29, 0.717) is 27.4 Å². The first kappa shape index (κ1) is 24.3. The third kappa shape index (κ3) is 5.46. The Morgan fingerprint density at radius 2 is 1.74 bits per heavy atom. The molecule has 35 heavy (non-hydrogen) atoms. The summed E-state index contributed by atoms with van der Waals surface area (Å²) in [5.74, 6) is -0.542. The topological polar surface area (TPSA) is 76.0 Å². The van der Waals surface area contributed by atoms with E-state index < -0.39 is 29.6 Å². The van der Waals surface area contributed by atoms with Crippen molar-refractivity contribution in [3.05, 3.63) is 94.8 Å². The average molecular weight is 501 g/mol. The Bertz CT molecular complexity index is 1400. The maximum absolute atomic E-state index is 13.0. The number of carbonyl (C=O) groups excluding carboxylic acids is 2. The highest BCUT2D eigenvalue weighted by atomic mass is 35.5. The standard InChI is InChI=1S/C25H20ClF3N4O2/c1-15(30-24(35)18-9-2-3-10-19(18)26)23-32-20-11-4-5-12-21(20)33(23)14-22(34)31-17-8-6-7-16(13-17)25(27,28)29/h2-13,15H,14H2,1H3,(H,30,35)(H,31,34). The van der Waals surface area contributed by atoms with Crippen LogP contribution in [0.1, 0.15) is 34.7 Å². The van der Waals surface area contributed by atoms with Crippen LogP contribution in [0.2, 0.25) is 5.02 Å². The molecule has 4 aromatic rings. The van der Waals surface area contributed by atoms with Gasteiger partial charge < -0.3 is 15.2 Å². The molecule has 2 N–H and O–H groups in total. The smallest absolute Gasteiger partial charge is 0.342 e. The molecule has 10 heteroatoms. The molecule has 180 valence electrons. The minimum absolute atomic E-state index is 0.0240. The van der Waals surface area contributed by atoms with Crippen molar-refractivity contribution in [1.82, 2.24) is 14.9 Å². The van der Waals surface area contributed by atoms with Gasteiger partial charge in [0.2, 0.25) is 5.91 Å². The van der Waals surface area contributed by atoms with Crippen LogP contribution < -0.4 is 10.6 Å². The number of amides is 2. The lowest BCUT2D eigenvalue weighted by Gasteiger charge is -2.17. The van der Waals surface area contributed by atoms with Crippen LogP contribution in [0.15, 0.2) is 72.8 Å². The lowest BCUT2D eigenvalue weighted by molar-refractivity contribution is -0.137. The van der Waals surface area contributed by atoms with Crippen molar-refractivity contribution in [3.8, 4) is 0 Å². The number of imidazole rings is 1. The van der Waals surface area contributed by atoms with E-state index in [1.807, 2.05) is 0 Å². The Balaban J connectivity index is 1.59. The molecule has 4 rings (SSSR count). The zero-order valence-corrected chi connectivity index (χ0v) is 19.2. The molecule has 0 aliphatic rings. The maximum atomic E-state index is 13.0. The second-order valence-electron chi connectivity index (χ2n) is 7.85. The van der Waals surface area contributed by atoms with Gasteiger partial charge in [0.05, 0.1) is 33.2 Å². The van der Waals surface area contributed by atoms with E-state index in [1.165, 1.54) is 12.1 Å². The molecule has 0 spiro atoms. The average Bonchev–Trinajstić information content (AvgIpc) is 3.17. The number of benzene rings is 3. The molecular weight excluding hydrogens is 481 g/mol. The van der Waals surface area contributed by atoms with Crippen molar-refractivity contribution in [2.75, 3.05) is 5.32 Å². The van der Waals surface area contributed by atoms with Crippen LogP contribution in [0.4, 0.5) is 18.9 Å². The predicted molar refractivity (Wildman–Crippen MR) is 127 cm³/mol. The number of anilines is 1. The summed E-state index contributed by atoms with van der Waals surface area (Å²) in [6, 6.07) is 17.5. The first-order chi connectivity index (χ1) is 16.6. The van der Waals surface area contributed by atoms with E-state index in [9.17, 15) is 22.8 Å². The number of halogens is 4. The summed E-state index contributed by atoms with van der Waals surface area (Å²) >= 11 is 6.12. The highest BCUT2D eigenvalue weighted by Crippen LogP contribution is 2.30. The van der Waals surface area contributed by atoms with Gasteiger partial charge in [-0.25, -0.2) is 4.98 Å². The number of alkyl halides is 3. The summed E-state index contributed by atoms with van der Waals surface area (Å²) in [7, 11) is 0. The normalized spacial score (nSPS) is 12.4. The molecule has 6 nitrogen and oxygen atoms in total. The van der Waals surface area contributed by atoms with Crippen LogP contribution in [0.5, 0.6) is 0 Å². The Labute approximate surface area is 203 Å². The summed E-state index contributed by atoms with van der Waals surface area (Å²) in [5, 5.41) is 5.64. The van der Waals surface area contributed by atoms with E-state index in [2.05, 4.69) is 15.6 Å². The maximum Gasteiger partial charge on any atom is 0.416 e. The number of aromatic nitrogens is 2. The molecule has 0 aliphatic heterocycles. The lowest BCUT2D eigenvalue weighted by atomic mass is 10.2. The zero-order valence-electron chi connectivity index (χ0n) is 18.4. The Hall–Kier alpha value is -3.85. The quantitative estimate of drug-likeness (QED) is 0.349. The summed E-state index contributed by atoms with van der Waals surface area (Å²) in [6.45, 7) is 1.50. The Kier molecular flexibility index (Phi) is 6.79. The molecule has 0 radical (unpaired) electrons. The minimum atomic E-state index is -4.52. The highest BCUT2D eigenvalue weighted by Gasteiger charge is 2.30. The third-order valence-electron chi connectivity index (χ3n) is 5.31. The predicted octanol–water partition coefficient (Wildman–Crippen LogP) is 5.84. The van der Waals surface area contributed by atoms with Crippen LogP contribution in [0.25, 0.3) is 11.0 Å². The molecule has 0 aliphatic carbocycles. The van der Waals surface area contributed by atoms with Gasteiger partial charge >= 0.3 is 6.18 Å². The summed E-state index contributed by atoms with van der Waals surface area (Å²) in [5.41, 5.74) is 0.704. The molecule has 2 amide bonds. The van der Waals surface area contributed by atoms with Crippen LogP contribution >= 0.6 is 11.6 Å². The Morgan fingerprint density at radius 1 is 1.03 bits per heavy atom.